The normalized spacial score (nSPS) is 12.1. The van der Waals surface area contributed by atoms with Crippen LogP contribution in [0, 0.1) is 5.41 Å². The van der Waals surface area contributed by atoms with Gasteiger partial charge in [-0.25, -0.2) is 0 Å². The predicted octanol–water partition coefficient (Wildman–Crippen LogP) is 0.941. The van der Waals surface area contributed by atoms with Gasteiger partial charge in [-0.3, -0.25) is 4.79 Å². The highest BCUT2D eigenvalue weighted by Gasteiger charge is 2.01. The minimum Gasteiger partial charge on any atom is -0.356 e. The number of nitrogens with one attached hydrogen (secondary N) is 2. The van der Waals surface area contributed by atoms with Gasteiger partial charge in [0, 0.05) is 12.5 Å². The van der Waals surface area contributed by atoms with Crippen molar-refractivity contribution in [3.05, 3.63) is 0 Å². The fourth-order valence-corrected chi connectivity index (χ4v) is 0.856. The lowest BCUT2D eigenvalue weighted by atomic mass is 10.1. The van der Waals surface area contributed by atoms with Crippen LogP contribution < -0.4 is 5.32 Å². The first-order valence-corrected chi connectivity index (χ1v) is 3.53. The van der Waals surface area contributed by atoms with E-state index >= 15 is 0 Å². The average Bonchev–Trinajstić information content (AvgIpc) is 1.90. The summed E-state index contributed by atoms with van der Waals surface area (Å²) in [5.41, 5.74) is 0. The third kappa shape index (κ3) is 4.06. The van der Waals surface area contributed by atoms with Crippen molar-refractivity contribution in [3.8, 4) is 0 Å². The number of rotatable bonds is 6. The van der Waals surface area contributed by atoms with Crippen molar-refractivity contribution in [2.45, 2.75) is 32.2 Å². The molecule has 0 aliphatic rings. The van der Waals surface area contributed by atoms with Crippen molar-refractivity contribution in [1.29, 1.82) is 5.41 Å². The highest BCUT2D eigenvalue weighted by molar-refractivity contribution is 5.55. The minimum atomic E-state index is 0.167. The lowest BCUT2D eigenvalue weighted by Crippen LogP contribution is -2.27. The number of amides is 1. The highest BCUT2D eigenvalue weighted by atomic mass is 16.1. The molecule has 0 heterocycles. The second kappa shape index (κ2) is 6.26. The summed E-state index contributed by atoms with van der Waals surface area (Å²) in [6.45, 7) is 2.06. The van der Waals surface area contributed by atoms with Gasteiger partial charge in [0.25, 0.3) is 0 Å². The Morgan fingerprint density at radius 3 is 2.80 bits per heavy atom. The number of hydrogen-bond donors (Lipinski definition) is 2. The maximum Gasteiger partial charge on any atom is 0.207 e. The molecule has 2 N–H and O–H groups in total. The molecule has 0 radical (unpaired) electrons. The van der Waals surface area contributed by atoms with Crippen LogP contribution in [0.5, 0.6) is 0 Å². The largest absolute Gasteiger partial charge is 0.356 e. The van der Waals surface area contributed by atoms with E-state index in [4.69, 9.17) is 5.41 Å². The van der Waals surface area contributed by atoms with Crippen molar-refractivity contribution in [2.24, 2.45) is 0 Å². The van der Waals surface area contributed by atoms with Gasteiger partial charge in [0.1, 0.15) is 0 Å². The fraction of sp³-hybridized carbons (Fsp3) is 0.714. The van der Waals surface area contributed by atoms with Crippen molar-refractivity contribution in [1.82, 2.24) is 5.32 Å². The van der Waals surface area contributed by atoms with E-state index in [0.29, 0.717) is 12.8 Å². The Hall–Kier alpha value is -0.860. The molecule has 10 heavy (non-hydrogen) atoms. The van der Waals surface area contributed by atoms with Crippen LogP contribution in [0.15, 0.2) is 0 Å². The topological polar surface area (TPSA) is 53.0 Å². The maximum atomic E-state index is 9.98. The average molecular weight is 142 g/mol. The summed E-state index contributed by atoms with van der Waals surface area (Å²) < 4.78 is 0. The van der Waals surface area contributed by atoms with E-state index in [9.17, 15) is 4.79 Å². The van der Waals surface area contributed by atoms with Crippen LogP contribution in [0.4, 0.5) is 0 Å². The van der Waals surface area contributed by atoms with E-state index in [2.05, 4.69) is 12.2 Å². The zero-order chi connectivity index (χ0) is 7.82. The molecule has 1 unspecified atom stereocenters. The molecule has 0 aliphatic heterocycles. The Morgan fingerprint density at radius 1 is 1.70 bits per heavy atom. The first-order chi connectivity index (χ1) is 4.85. The quantitative estimate of drug-likeness (QED) is 0.421. The van der Waals surface area contributed by atoms with E-state index in [1.54, 1.807) is 0 Å². The van der Waals surface area contributed by atoms with E-state index < -0.39 is 0 Å². The Bertz CT molecular complexity index is 93.8. The Balaban J connectivity index is 3.48. The molecule has 1 amide bonds. The summed E-state index contributed by atoms with van der Waals surface area (Å²) in [4.78, 5) is 9.98. The van der Waals surface area contributed by atoms with Crippen LogP contribution in [-0.4, -0.2) is 18.7 Å². The molecule has 0 aromatic carbocycles. The van der Waals surface area contributed by atoms with Gasteiger partial charge >= 0.3 is 0 Å². The van der Waals surface area contributed by atoms with Gasteiger partial charge in [0.05, 0.1) is 0 Å². The zero-order valence-corrected chi connectivity index (χ0v) is 6.26. The monoisotopic (exact) mass is 142 g/mol. The van der Waals surface area contributed by atoms with Gasteiger partial charge < -0.3 is 10.7 Å². The van der Waals surface area contributed by atoms with Crippen LogP contribution in [0.1, 0.15) is 26.2 Å². The molecule has 0 saturated heterocycles. The summed E-state index contributed by atoms with van der Waals surface area (Å²) >= 11 is 0. The molecular formula is C7H14N2O. The fourth-order valence-electron chi connectivity index (χ4n) is 0.856. The first kappa shape index (κ1) is 9.14. The predicted molar refractivity (Wildman–Crippen MR) is 41.3 cm³/mol. The summed E-state index contributed by atoms with van der Waals surface area (Å²) in [5.74, 6) is 0. The maximum absolute atomic E-state index is 9.98. The summed E-state index contributed by atoms with van der Waals surface area (Å²) in [7, 11) is 0. The first-order valence-electron chi connectivity index (χ1n) is 3.53. The lowest BCUT2D eigenvalue weighted by Gasteiger charge is -2.10. The Kier molecular flexibility index (Phi) is 5.72. The van der Waals surface area contributed by atoms with Crippen molar-refractivity contribution in [2.75, 3.05) is 0 Å². The smallest absolute Gasteiger partial charge is 0.207 e. The second-order valence-electron chi connectivity index (χ2n) is 2.21. The van der Waals surface area contributed by atoms with Gasteiger partial charge in [-0.2, -0.15) is 0 Å². The summed E-state index contributed by atoms with van der Waals surface area (Å²) in [5, 5.41) is 9.46. The van der Waals surface area contributed by atoms with E-state index in [-0.39, 0.29) is 6.04 Å². The molecule has 0 rings (SSSR count). The number of carbonyl (C=O) groups excluding carboxylic acids is 1. The molecule has 0 aromatic heterocycles. The van der Waals surface area contributed by atoms with Gasteiger partial charge in [-0.1, -0.05) is 13.3 Å². The van der Waals surface area contributed by atoms with E-state index in [1.165, 1.54) is 6.21 Å². The van der Waals surface area contributed by atoms with Crippen LogP contribution in [0.2, 0.25) is 0 Å². The van der Waals surface area contributed by atoms with Gasteiger partial charge in [0.15, 0.2) is 0 Å². The lowest BCUT2D eigenvalue weighted by molar-refractivity contribution is -0.110. The molecule has 3 nitrogen and oxygen atoms in total. The third-order valence-electron chi connectivity index (χ3n) is 1.34. The summed E-state index contributed by atoms with van der Waals surface area (Å²) in [6, 6.07) is 0.167. The number of carbonyl (C=O) groups is 1. The SMILES string of the molecule is CCCC(CC=N)NC=O. The minimum absolute atomic E-state index is 0.167. The van der Waals surface area contributed by atoms with Crippen molar-refractivity contribution >= 4 is 12.6 Å². The van der Waals surface area contributed by atoms with Gasteiger partial charge in [-0.15, -0.1) is 0 Å². The van der Waals surface area contributed by atoms with Gasteiger partial charge in [0.2, 0.25) is 6.41 Å². The molecule has 58 valence electrons. The molecule has 0 saturated carbocycles. The zero-order valence-electron chi connectivity index (χ0n) is 6.26. The third-order valence-corrected chi connectivity index (χ3v) is 1.34. The van der Waals surface area contributed by atoms with Gasteiger partial charge in [-0.05, 0) is 12.6 Å². The number of hydrogen-bond acceptors (Lipinski definition) is 2. The Morgan fingerprint density at radius 2 is 2.40 bits per heavy atom. The van der Waals surface area contributed by atoms with E-state index in [1.807, 2.05) is 0 Å². The standard InChI is InChI=1S/C7H14N2O/c1-2-3-7(4-5-8)9-6-10/h5-8H,2-4H2,1H3,(H,9,10). The molecule has 0 fully saturated rings. The van der Waals surface area contributed by atoms with Crippen molar-refractivity contribution < 1.29 is 4.79 Å². The molecular weight excluding hydrogens is 128 g/mol. The van der Waals surface area contributed by atoms with Crippen LogP contribution in [0.3, 0.4) is 0 Å². The second-order valence-corrected chi connectivity index (χ2v) is 2.21. The molecule has 0 spiro atoms. The van der Waals surface area contributed by atoms with Crippen LogP contribution >= 0.6 is 0 Å². The molecule has 0 aromatic rings. The Labute approximate surface area is 61.3 Å². The molecule has 0 bridgehead atoms. The van der Waals surface area contributed by atoms with Crippen molar-refractivity contribution in [3.63, 3.8) is 0 Å². The van der Waals surface area contributed by atoms with Crippen LogP contribution in [-0.2, 0) is 4.79 Å². The van der Waals surface area contributed by atoms with E-state index in [0.717, 1.165) is 12.8 Å². The molecule has 3 heteroatoms. The summed E-state index contributed by atoms with van der Waals surface area (Å²) in [6.07, 6.45) is 4.67. The highest BCUT2D eigenvalue weighted by Crippen LogP contribution is 1.97. The van der Waals surface area contributed by atoms with Crippen LogP contribution in [0.25, 0.3) is 0 Å². The molecule has 0 aliphatic carbocycles. The molecule has 1 atom stereocenters.